The van der Waals surface area contributed by atoms with Gasteiger partial charge in [0.2, 0.25) is 0 Å². The molecule has 0 saturated heterocycles. The summed E-state index contributed by atoms with van der Waals surface area (Å²) in [5.74, 6) is 0. The second-order valence-electron chi connectivity index (χ2n) is 6.10. The number of benzene rings is 2. The maximum absolute atomic E-state index is 8.43. The van der Waals surface area contributed by atoms with E-state index in [1.165, 1.54) is 24.8 Å². The fourth-order valence-electron chi connectivity index (χ4n) is 2.65. The first kappa shape index (κ1) is 26.1. The van der Waals surface area contributed by atoms with E-state index in [-0.39, 0.29) is 31.4 Å². The number of rotatable bonds is 2. The second kappa shape index (κ2) is 14.1. The molecule has 0 bridgehead atoms. The first-order chi connectivity index (χ1) is 12.1. The van der Waals surface area contributed by atoms with Crippen LogP contribution in [0.3, 0.4) is 0 Å². The Bertz CT molecular complexity index is 839. The van der Waals surface area contributed by atoms with Crippen LogP contribution in [0.1, 0.15) is 26.7 Å². The molecule has 0 aliphatic heterocycles. The smallest absolute Gasteiger partial charge is 0.0442 e. The fourth-order valence-corrected chi connectivity index (χ4v) is 2.65. The Hall–Kier alpha value is -0.917. The largest absolute Gasteiger partial charge is 1.00 e. The minimum atomic E-state index is 0. The first-order valence-electron chi connectivity index (χ1n) is 8.54. The molecule has 4 heteroatoms. The van der Waals surface area contributed by atoms with Crippen molar-refractivity contribution in [3.05, 3.63) is 78.4 Å². The summed E-state index contributed by atoms with van der Waals surface area (Å²) < 4.78 is 1.51. The number of halogens is 2. The molecule has 0 unspecified atom stereocenters. The van der Waals surface area contributed by atoms with Gasteiger partial charge in [0.1, 0.15) is 0 Å². The van der Waals surface area contributed by atoms with Gasteiger partial charge in [-0.3, -0.25) is 6.08 Å². The molecule has 0 saturated carbocycles. The summed E-state index contributed by atoms with van der Waals surface area (Å²) in [5.41, 5.74) is 1.15. The standard InChI is InChI=1S/C13H9.C7H9O.C3H6.2ClH.Zr/c1-3-7-12-10(5-1)9-11-6-2-4-8-13(11)12;8-6-5-7-3-1-2-4-7;1-3-2;;;/h1-9H;1,3,8H,2,5-6H2;1-2H3;2*1H;/q2*-1;;;;+2/p-2. The summed E-state index contributed by atoms with van der Waals surface area (Å²) >= 11 is 1.55. The van der Waals surface area contributed by atoms with Crippen LogP contribution in [0.25, 0.3) is 21.5 Å². The molecule has 0 atom stereocenters. The van der Waals surface area contributed by atoms with Crippen molar-refractivity contribution in [1.82, 2.24) is 0 Å². The third-order valence-corrected chi connectivity index (χ3v) is 3.67. The third-order valence-electron chi connectivity index (χ3n) is 3.67. The van der Waals surface area contributed by atoms with E-state index in [0.29, 0.717) is 0 Å². The van der Waals surface area contributed by atoms with E-state index in [0.717, 1.165) is 18.4 Å². The average molecular weight is 479 g/mol. The molecule has 0 spiro atoms. The van der Waals surface area contributed by atoms with Crippen LogP contribution in [0.5, 0.6) is 0 Å². The number of allylic oxidation sites excluding steroid dienone is 3. The Morgan fingerprint density at radius 3 is 1.89 bits per heavy atom. The van der Waals surface area contributed by atoms with Crippen LogP contribution in [0.15, 0.2) is 72.3 Å². The maximum Gasteiger partial charge on any atom is 0.0442 e. The van der Waals surface area contributed by atoms with Gasteiger partial charge in [-0.15, -0.1) is 46.2 Å². The number of hydrogen-bond donors (Lipinski definition) is 1. The number of hydrogen-bond acceptors (Lipinski definition) is 1. The molecule has 3 aromatic rings. The quantitative estimate of drug-likeness (QED) is 0.494. The zero-order valence-electron chi connectivity index (χ0n) is 15.7. The van der Waals surface area contributed by atoms with E-state index >= 15 is 0 Å². The van der Waals surface area contributed by atoms with E-state index in [9.17, 15) is 0 Å². The van der Waals surface area contributed by atoms with Crippen molar-refractivity contribution >= 4 is 24.8 Å². The molecule has 0 heterocycles. The zero-order valence-corrected chi connectivity index (χ0v) is 19.6. The van der Waals surface area contributed by atoms with Crippen molar-refractivity contribution in [3.63, 3.8) is 0 Å². The Labute approximate surface area is 189 Å². The Morgan fingerprint density at radius 2 is 1.48 bits per heavy atom. The van der Waals surface area contributed by atoms with Crippen molar-refractivity contribution in [1.29, 1.82) is 0 Å². The molecule has 0 radical (unpaired) electrons. The average Bonchev–Trinajstić information content (AvgIpc) is 3.22. The minimum absolute atomic E-state index is 0. The number of aliphatic hydroxyl groups excluding tert-OH is 1. The van der Waals surface area contributed by atoms with Gasteiger partial charge >= 0.3 is 41.3 Å². The molecular weight excluding hydrogens is 454 g/mol. The van der Waals surface area contributed by atoms with Gasteiger partial charge in [0, 0.05) is 6.61 Å². The van der Waals surface area contributed by atoms with E-state index in [1.807, 2.05) is 12.2 Å². The van der Waals surface area contributed by atoms with Crippen LogP contribution in [0.4, 0.5) is 0 Å². The van der Waals surface area contributed by atoms with Gasteiger partial charge < -0.3 is 29.9 Å². The van der Waals surface area contributed by atoms with Crippen LogP contribution < -0.4 is 24.8 Å². The number of aliphatic hydroxyl groups is 1. The van der Waals surface area contributed by atoms with E-state index in [2.05, 4.69) is 74.5 Å². The fraction of sp³-hybridized carbons (Fsp3) is 0.217. The van der Waals surface area contributed by atoms with E-state index in [1.54, 1.807) is 24.2 Å². The predicted octanol–water partition coefficient (Wildman–Crippen LogP) is -0.476. The summed E-state index contributed by atoms with van der Waals surface area (Å²) in [6.07, 6.45) is 8.85. The molecule has 3 aromatic carbocycles. The molecule has 1 aliphatic carbocycles. The van der Waals surface area contributed by atoms with Crippen molar-refractivity contribution in [2.45, 2.75) is 26.7 Å². The Morgan fingerprint density at radius 1 is 1.00 bits per heavy atom. The van der Waals surface area contributed by atoms with Crippen LogP contribution in [-0.2, 0) is 24.2 Å². The SMILES string of the molecule is C[C](C)=[Zr+2].OCCC1=[C-]CC=C1.[Cl-].[Cl-].c1ccc2c(c1)[cH-]c1ccccc12. The van der Waals surface area contributed by atoms with Crippen molar-refractivity contribution < 1.29 is 54.2 Å². The van der Waals surface area contributed by atoms with Gasteiger partial charge in [-0.25, -0.2) is 11.6 Å². The van der Waals surface area contributed by atoms with Gasteiger partial charge in [-0.05, 0) is 6.42 Å². The summed E-state index contributed by atoms with van der Waals surface area (Å²) in [7, 11) is 0. The van der Waals surface area contributed by atoms with Crippen LogP contribution in [0, 0.1) is 6.08 Å². The van der Waals surface area contributed by atoms with Gasteiger partial charge in [0.15, 0.2) is 0 Å². The maximum atomic E-state index is 8.43. The first-order valence-corrected chi connectivity index (χ1v) is 9.76. The van der Waals surface area contributed by atoms with Gasteiger partial charge in [-0.2, -0.15) is 6.08 Å². The Kier molecular flexibility index (Phi) is 13.7. The zero-order chi connectivity index (χ0) is 18.1. The topological polar surface area (TPSA) is 20.2 Å². The number of fused-ring (bicyclic) bond motifs is 3. The molecule has 27 heavy (non-hydrogen) atoms. The van der Waals surface area contributed by atoms with E-state index in [4.69, 9.17) is 5.11 Å². The molecule has 4 rings (SSSR count). The Balaban J connectivity index is 0.000000422. The normalized spacial score (nSPS) is 11.4. The molecule has 0 aromatic heterocycles. The molecule has 1 nitrogen and oxygen atoms in total. The van der Waals surface area contributed by atoms with Crippen LogP contribution in [-0.4, -0.2) is 14.9 Å². The second-order valence-corrected chi connectivity index (χ2v) is 8.56. The molecule has 0 fully saturated rings. The van der Waals surface area contributed by atoms with Crippen molar-refractivity contribution in [2.24, 2.45) is 0 Å². The summed E-state index contributed by atoms with van der Waals surface area (Å²) in [5, 5.41) is 13.8. The molecular formula is C23H24Cl2OZr-2. The van der Waals surface area contributed by atoms with Crippen LogP contribution in [0.2, 0.25) is 0 Å². The van der Waals surface area contributed by atoms with Crippen molar-refractivity contribution in [2.75, 3.05) is 6.61 Å². The predicted molar refractivity (Wildman–Crippen MR) is 106 cm³/mol. The summed E-state index contributed by atoms with van der Waals surface area (Å²) in [4.78, 5) is 0. The van der Waals surface area contributed by atoms with Crippen LogP contribution >= 0.6 is 0 Å². The molecule has 1 aliphatic rings. The third kappa shape index (κ3) is 8.75. The van der Waals surface area contributed by atoms with Gasteiger partial charge in [0.05, 0.1) is 0 Å². The summed E-state index contributed by atoms with van der Waals surface area (Å²) in [6.45, 7) is 4.49. The molecule has 0 amide bonds. The monoisotopic (exact) mass is 476 g/mol. The van der Waals surface area contributed by atoms with Crippen molar-refractivity contribution in [3.8, 4) is 0 Å². The van der Waals surface area contributed by atoms with Gasteiger partial charge in [0.25, 0.3) is 0 Å². The molecule has 142 valence electrons. The van der Waals surface area contributed by atoms with Gasteiger partial charge in [-0.1, -0.05) is 36.4 Å². The van der Waals surface area contributed by atoms with E-state index < -0.39 is 0 Å². The molecule has 1 N–H and O–H groups in total. The summed E-state index contributed by atoms with van der Waals surface area (Å²) in [6, 6.07) is 19.3. The minimum Gasteiger partial charge on any atom is -1.00 e.